The van der Waals surface area contributed by atoms with E-state index in [1.807, 2.05) is 0 Å². The Hall–Kier alpha value is 0.0249. The zero-order chi connectivity index (χ0) is 10.8. The van der Waals surface area contributed by atoms with Gasteiger partial charge in [0.2, 0.25) is 0 Å². The largest absolute Gasteiger partial charge is 0.389 e. The van der Waals surface area contributed by atoms with E-state index in [0.717, 1.165) is 11.8 Å². The van der Waals surface area contributed by atoms with E-state index in [4.69, 9.17) is 0 Å². The van der Waals surface area contributed by atoms with E-state index in [1.54, 1.807) is 0 Å². The highest BCUT2D eigenvalue weighted by Gasteiger charge is 2.60. The molecule has 0 amide bonds. The average molecular weight is 219 g/mol. The van der Waals surface area contributed by atoms with Crippen LogP contribution in [0.5, 0.6) is 0 Å². The van der Waals surface area contributed by atoms with Gasteiger partial charge in [0.1, 0.15) is 0 Å². The molecule has 0 aromatic carbocycles. The van der Waals surface area contributed by atoms with Gasteiger partial charge in [0.25, 0.3) is 0 Å². The summed E-state index contributed by atoms with van der Waals surface area (Å²) in [5.74, 6) is 3.12. The van der Waals surface area contributed by atoms with E-state index in [1.165, 1.54) is 32.1 Å². The van der Waals surface area contributed by atoms with E-state index in [9.17, 15) is 5.11 Å². The first kappa shape index (κ1) is 12.5. The van der Waals surface area contributed by atoms with Gasteiger partial charge < -0.3 is 5.11 Å². The second kappa shape index (κ2) is 3.51. The predicted octanol–water partition coefficient (Wildman–Crippen LogP) is 2.84. The Morgan fingerprint density at radius 2 is 1.25 bits per heavy atom. The van der Waals surface area contributed by atoms with Gasteiger partial charge in [-0.1, -0.05) is 20.8 Å². The van der Waals surface area contributed by atoms with Crippen molar-refractivity contribution in [1.82, 2.24) is 0 Å². The van der Waals surface area contributed by atoms with Crippen molar-refractivity contribution in [3.63, 3.8) is 0 Å². The minimum Gasteiger partial charge on any atom is -0.389 e. The van der Waals surface area contributed by atoms with Crippen molar-refractivity contribution in [2.45, 2.75) is 58.5 Å². The van der Waals surface area contributed by atoms with Crippen LogP contribution in [0.15, 0.2) is 0 Å². The molecule has 0 saturated heterocycles. The third kappa shape index (κ3) is 1.41. The smallest absolute Gasteiger partial charge is 0.0752 e. The first-order valence-corrected chi connectivity index (χ1v) is 6.63. The van der Waals surface area contributed by atoms with Crippen LogP contribution in [0.2, 0.25) is 0 Å². The van der Waals surface area contributed by atoms with E-state index >= 15 is 0 Å². The summed E-state index contributed by atoms with van der Waals surface area (Å²) >= 11 is 0. The number of rotatable bonds is 0. The molecule has 4 bridgehead atoms. The highest BCUT2D eigenvalue weighted by atomic mass is 16.3. The first-order chi connectivity index (χ1) is 6.91. The van der Waals surface area contributed by atoms with Gasteiger partial charge in [-0.3, -0.25) is 0 Å². The van der Waals surface area contributed by atoms with Crippen molar-refractivity contribution in [1.29, 1.82) is 0 Å². The molecule has 0 aromatic heterocycles. The van der Waals surface area contributed by atoms with Gasteiger partial charge in [-0.15, -0.1) is 0 Å². The summed E-state index contributed by atoms with van der Waals surface area (Å²) in [4.78, 5) is 0. The molecule has 1 N–H and O–H groups in total. The van der Waals surface area contributed by atoms with E-state index < -0.39 is 0 Å². The average Bonchev–Trinajstić information content (AvgIpc) is 2.10. The Labute approximate surface area is 102 Å². The molecule has 3 radical (unpaired) electrons. The second-order valence-corrected chi connectivity index (χ2v) is 7.38. The molecular weight excluding hydrogens is 195 g/mol. The molecule has 0 aliphatic heterocycles. The monoisotopic (exact) mass is 219 g/mol. The van der Waals surface area contributed by atoms with Gasteiger partial charge in [-0.25, -0.2) is 0 Å². The van der Waals surface area contributed by atoms with Crippen LogP contribution in [0.25, 0.3) is 0 Å². The third-order valence-electron chi connectivity index (χ3n) is 5.58. The molecule has 0 heterocycles. The van der Waals surface area contributed by atoms with Crippen molar-refractivity contribution < 1.29 is 5.11 Å². The second-order valence-electron chi connectivity index (χ2n) is 7.38. The maximum absolute atomic E-state index is 11.1. The lowest BCUT2D eigenvalue weighted by atomic mass is 9.45. The quantitative estimate of drug-likeness (QED) is 0.621. The maximum Gasteiger partial charge on any atom is 0.0752 e. The lowest BCUT2D eigenvalue weighted by molar-refractivity contribution is -0.223. The number of hydrogen-bond acceptors (Lipinski definition) is 1. The molecule has 0 spiro atoms. The Morgan fingerprint density at radius 3 is 1.56 bits per heavy atom. The molecular formula is C14H24BO. The van der Waals surface area contributed by atoms with Crippen molar-refractivity contribution >= 4 is 8.41 Å². The van der Waals surface area contributed by atoms with Crippen LogP contribution in [-0.2, 0) is 0 Å². The van der Waals surface area contributed by atoms with Crippen LogP contribution in [0.3, 0.4) is 0 Å². The SMILES string of the molecule is CC(C)(C)C1(O)C2CC3CC(C2)CC1C3.[B]. The summed E-state index contributed by atoms with van der Waals surface area (Å²) in [6.07, 6.45) is 6.69. The van der Waals surface area contributed by atoms with Gasteiger partial charge in [0.05, 0.1) is 5.60 Å². The van der Waals surface area contributed by atoms with Gasteiger partial charge in [0, 0.05) is 8.41 Å². The van der Waals surface area contributed by atoms with Crippen LogP contribution in [-0.4, -0.2) is 19.1 Å². The highest BCUT2D eigenvalue weighted by Crippen LogP contribution is 2.62. The third-order valence-corrected chi connectivity index (χ3v) is 5.58. The van der Waals surface area contributed by atoms with Gasteiger partial charge in [0.15, 0.2) is 0 Å². The Kier molecular flexibility index (Phi) is 2.74. The van der Waals surface area contributed by atoms with E-state index in [-0.39, 0.29) is 19.4 Å². The fourth-order valence-corrected chi connectivity index (χ4v) is 5.13. The Morgan fingerprint density at radius 1 is 0.875 bits per heavy atom. The molecule has 0 atom stereocenters. The molecule has 4 fully saturated rings. The minimum atomic E-state index is -0.361. The fourth-order valence-electron chi connectivity index (χ4n) is 5.13. The van der Waals surface area contributed by atoms with Crippen molar-refractivity contribution in [3.05, 3.63) is 0 Å². The minimum absolute atomic E-state index is 0. The normalized spacial score (nSPS) is 50.2. The molecule has 4 aliphatic carbocycles. The van der Waals surface area contributed by atoms with Crippen LogP contribution in [0.4, 0.5) is 0 Å². The van der Waals surface area contributed by atoms with Crippen molar-refractivity contribution in [2.75, 3.05) is 0 Å². The maximum atomic E-state index is 11.1. The van der Waals surface area contributed by atoms with Gasteiger partial charge >= 0.3 is 0 Å². The molecule has 4 aliphatic rings. The van der Waals surface area contributed by atoms with Crippen LogP contribution < -0.4 is 0 Å². The Bertz CT molecular complexity index is 251. The fraction of sp³-hybridized carbons (Fsp3) is 1.00. The van der Waals surface area contributed by atoms with Crippen LogP contribution in [0.1, 0.15) is 52.9 Å². The summed E-state index contributed by atoms with van der Waals surface area (Å²) in [6, 6.07) is 0. The number of hydrogen-bond donors (Lipinski definition) is 1. The summed E-state index contributed by atoms with van der Waals surface area (Å²) in [6.45, 7) is 6.69. The van der Waals surface area contributed by atoms with E-state index in [0.29, 0.717) is 11.8 Å². The molecule has 4 saturated carbocycles. The molecule has 4 rings (SSSR count). The van der Waals surface area contributed by atoms with Gasteiger partial charge in [-0.2, -0.15) is 0 Å². The first-order valence-electron chi connectivity index (χ1n) is 6.63. The zero-order valence-electron chi connectivity index (χ0n) is 10.9. The van der Waals surface area contributed by atoms with Crippen molar-refractivity contribution in [2.24, 2.45) is 29.1 Å². The predicted molar refractivity (Wildman–Crippen MR) is 67.2 cm³/mol. The van der Waals surface area contributed by atoms with Gasteiger partial charge in [-0.05, 0) is 61.2 Å². The van der Waals surface area contributed by atoms with Crippen LogP contribution >= 0.6 is 0 Å². The summed E-state index contributed by atoms with van der Waals surface area (Å²) in [5.41, 5.74) is -0.296. The summed E-state index contributed by atoms with van der Waals surface area (Å²) in [5, 5.41) is 11.1. The molecule has 1 nitrogen and oxygen atoms in total. The lowest BCUT2D eigenvalue weighted by Gasteiger charge is -2.63. The topological polar surface area (TPSA) is 20.2 Å². The van der Waals surface area contributed by atoms with Crippen LogP contribution in [0, 0.1) is 29.1 Å². The summed E-state index contributed by atoms with van der Waals surface area (Å²) < 4.78 is 0. The number of aliphatic hydroxyl groups is 1. The molecule has 0 aromatic rings. The zero-order valence-corrected chi connectivity index (χ0v) is 10.9. The molecule has 89 valence electrons. The molecule has 0 unspecified atom stereocenters. The van der Waals surface area contributed by atoms with E-state index in [2.05, 4.69) is 20.8 Å². The summed E-state index contributed by atoms with van der Waals surface area (Å²) in [7, 11) is 0. The Balaban J connectivity index is 0.000000963. The molecule has 16 heavy (non-hydrogen) atoms. The lowest BCUT2D eigenvalue weighted by Crippen LogP contribution is -2.63. The van der Waals surface area contributed by atoms with Crippen molar-refractivity contribution in [3.8, 4) is 0 Å². The highest BCUT2D eigenvalue weighted by molar-refractivity contribution is 5.75. The molecule has 2 heteroatoms. The standard InChI is InChI=1S/C14H24O.B/c1-13(2,3)14(15)11-5-9-4-10(7-11)8-12(14)6-9;/h9-12,15H,4-8H2,1-3H3;.